The lowest BCUT2D eigenvalue weighted by Crippen LogP contribution is -1.92. The zero-order chi connectivity index (χ0) is 9.84. The van der Waals surface area contributed by atoms with Gasteiger partial charge in [0, 0.05) is 6.20 Å². The normalized spacial score (nSPS) is 11.4. The van der Waals surface area contributed by atoms with Crippen molar-refractivity contribution in [1.82, 2.24) is 4.98 Å². The minimum atomic E-state index is 0.363. The smallest absolute Gasteiger partial charge is 0.153 e. The Morgan fingerprint density at radius 3 is 2.85 bits per heavy atom. The number of pyridine rings is 1. The van der Waals surface area contributed by atoms with Crippen LogP contribution < -0.4 is 5.73 Å². The van der Waals surface area contributed by atoms with Crippen LogP contribution in [0.4, 0.5) is 5.82 Å². The van der Waals surface area contributed by atoms with Crippen LogP contribution in [0.15, 0.2) is 17.3 Å². The van der Waals surface area contributed by atoms with Crippen molar-refractivity contribution in [1.29, 1.82) is 0 Å². The van der Waals surface area contributed by atoms with Crippen LogP contribution in [-0.4, -0.2) is 11.3 Å². The van der Waals surface area contributed by atoms with Crippen molar-refractivity contribution in [2.75, 3.05) is 0 Å². The van der Waals surface area contributed by atoms with Crippen LogP contribution >= 0.6 is 11.6 Å². The second-order valence-electron chi connectivity index (χ2n) is 3.00. The molecule has 0 aromatic carbocycles. The Kier molecular flexibility index (Phi) is 3.25. The van der Waals surface area contributed by atoms with E-state index in [0.29, 0.717) is 16.8 Å². The zero-order valence-corrected chi connectivity index (χ0v) is 8.42. The first kappa shape index (κ1) is 9.99. The lowest BCUT2D eigenvalue weighted by molar-refractivity contribution is 0.863. The van der Waals surface area contributed by atoms with E-state index in [0.717, 1.165) is 5.56 Å². The van der Waals surface area contributed by atoms with Gasteiger partial charge < -0.3 is 5.73 Å². The summed E-state index contributed by atoms with van der Waals surface area (Å²) in [6.45, 7) is 4.13. The van der Waals surface area contributed by atoms with Gasteiger partial charge in [0.25, 0.3) is 0 Å². The van der Waals surface area contributed by atoms with Gasteiger partial charge in [0.05, 0.1) is 11.4 Å². The van der Waals surface area contributed by atoms with Gasteiger partial charge in [-0.25, -0.2) is 9.98 Å². The summed E-state index contributed by atoms with van der Waals surface area (Å²) in [6.07, 6.45) is 2.82. The molecule has 0 amide bonds. The predicted molar refractivity (Wildman–Crippen MR) is 55.7 cm³/mol. The second-order valence-corrected chi connectivity index (χ2v) is 3.40. The lowest BCUT2D eigenvalue weighted by Gasteiger charge is -2.07. The van der Waals surface area contributed by atoms with Crippen molar-refractivity contribution in [3.05, 3.63) is 22.8 Å². The Labute approximate surface area is 82.6 Å². The number of hydrogen-bond donors (Lipinski definition) is 1. The summed E-state index contributed by atoms with van der Waals surface area (Å²) in [4.78, 5) is 7.88. The van der Waals surface area contributed by atoms with Gasteiger partial charge in [-0.3, -0.25) is 0 Å². The van der Waals surface area contributed by atoms with Crippen molar-refractivity contribution < 1.29 is 0 Å². The van der Waals surface area contributed by atoms with Crippen LogP contribution in [0.25, 0.3) is 0 Å². The summed E-state index contributed by atoms with van der Waals surface area (Å²) in [7, 11) is 0. The summed E-state index contributed by atoms with van der Waals surface area (Å²) in [5.74, 6) is 0.956. The highest BCUT2D eigenvalue weighted by Crippen LogP contribution is 2.26. The van der Waals surface area contributed by atoms with Gasteiger partial charge in [0.2, 0.25) is 0 Å². The quantitative estimate of drug-likeness (QED) is 0.585. The molecule has 0 saturated heterocycles. The molecule has 0 aliphatic carbocycles. The molecule has 3 nitrogen and oxygen atoms in total. The molecule has 1 rings (SSSR count). The van der Waals surface area contributed by atoms with E-state index in [4.69, 9.17) is 17.3 Å². The van der Waals surface area contributed by atoms with Crippen LogP contribution in [-0.2, 0) is 0 Å². The van der Waals surface area contributed by atoms with Gasteiger partial charge in [-0.05, 0) is 17.5 Å². The molecule has 0 aliphatic rings. The molecule has 0 bridgehead atoms. The van der Waals surface area contributed by atoms with E-state index in [1.165, 1.54) is 6.34 Å². The monoisotopic (exact) mass is 197 g/mol. The van der Waals surface area contributed by atoms with Crippen molar-refractivity contribution in [2.45, 2.75) is 19.8 Å². The number of aliphatic imine (C=N–C) groups is 1. The molecule has 1 aromatic rings. The fourth-order valence-corrected chi connectivity index (χ4v) is 1.35. The lowest BCUT2D eigenvalue weighted by atomic mass is 10.1. The number of nitrogens with two attached hydrogens (primary N) is 1. The minimum absolute atomic E-state index is 0.363. The van der Waals surface area contributed by atoms with Crippen LogP contribution in [0.1, 0.15) is 25.3 Å². The fourth-order valence-electron chi connectivity index (χ4n) is 1.03. The molecule has 0 unspecified atom stereocenters. The van der Waals surface area contributed by atoms with Crippen molar-refractivity contribution in [3.63, 3.8) is 0 Å². The maximum Gasteiger partial charge on any atom is 0.153 e. The molecule has 0 radical (unpaired) electrons. The molecule has 13 heavy (non-hydrogen) atoms. The van der Waals surface area contributed by atoms with E-state index < -0.39 is 0 Å². The summed E-state index contributed by atoms with van der Waals surface area (Å²) in [6, 6.07) is 1.84. The van der Waals surface area contributed by atoms with E-state index in [1.54, 1.807) is 6.20 Å². The molecule has 70 valence electrons. The standard InChI is InChI=1S/C9H12ClN3/c1-6(2)7-3-9(13-5-11)12-4-8(7)10/h3-6H,1-2H3,(H2,11,12,13). The Morgan fingerprint density at radius 1 is 1.62 bits per heavy atom. The molecule has 2 N–H and O–H groups in total. The number of rotatable bonds is 2. The third-order valence-corrected chi connectivity index (χ3v) is 2.02. The first-order chi connectivity index (χ1) is 6.15. The highest BCUT2D eigenvalue weighted by molar-refractivity contribution is 6.31. The van der Waals surface area contributed by atoms with Gasteiger partial charge in [-0.1, -0.05) is 25.4 Å². The van der Waals surface area contributed by atoms with Crippen LogP contribution in [0, 0.1) is 0 Å². The third kappa shape index (κ3) is 2.42. The largest absolute Gasteiger partial charge is 0.390 e. The Hall–Kier alpha value is -1.09. The van der Waals surface area contributed by atoms with Gasteiger partial charge in [0.15, 0.2) is 5.82 Å². The molecular weight excluding hydrogens is 186 g/mol. The Bertz CT molecular complexity index is 321. The molecule has 0 fully saturated rings. The number of nitrogens with zero attached hydrogens (tertiary/aromatic N) is 2. The number of hydrogen-bond acceptors (Lipinski definition) is 2. The van der Waals surface area contributed by atoms with E-state index in [9.17, 15) is 0 Å². The second kappa shape index (κ2) is 4.23. The average Bonchev–Trinajstić information content (AvgIpc) is 2.08. The molecule has 1 heterocycles. The fraction of sp³-hybridized carbons (Fsp3) is 0.333. The van der Waals surface area contributed by atoms with Gasteiger partial charge in [0.1, 0.15) is 0 Å². The average molecular weight is 198 g/mol. The summed E-state index contributed by atoms with van der Waals surface area (Å²) in [5.41, 5.74) is 6.20. The number of halogens is 1. The topological polar surface area (TPSA) is 51.3 Å². The third-order valence-electron chi connectivity index (χ3n) is 1.70. The zero-order valence-electron chi connectivity index (χ0n) is 7.66. The predicted octanol–water partition coefficient (Wildman–Crippen LogP) is 2.48. The Morgan fingerprint density at radius 2 is 2.31 bits per heavy atom. The van der Waals surface area contributed by atoms with Gasteiger partial charge >= 0.3 is 0 Å². The summed E-state index contributed by atoms with van der Waals surface area (Å²) >= 11 is 5.95. The molecule has 1 aromatic heterocycles. The first-order valence-corrected chi connectivity index (χ1v) is 4.42. The van der Waals surface area contributed by atoms with E-state index in [2.05, 4.69) is 23.8 Å². The van der Waals surface area contributed by atoms with Crippen LogP contribution in [0.5, 0.6) is 0 Å². The molecule has 0 saturated carbocycles. The molecule has 4 heteroatoms. The van der Waals surface area contributed by atoms with Crippen molar-refractivity contribution in [3.8, 4) is 0 Å². The van der Waals surface area contributed by atoms with Crippen LogP contribution in [0.3, 0.4) is 0 Å². The van der Waals surface area contributed by atoms with Crippen LogP contribution in [0.2, 0.25) is 5.02 Å². The molecule has 0 aliphatic heterocycles. The van der Waals surface area contributed by atoms with E-state index >= 15 is 0 Å². The maximum absolute atomic E-state index is 5.95. The first-order valence-electron chi connectivity index (χ1n) is 4.05. The van der Waals surface area contributed by atoms with E-state index in [1.807, 2.05) is 6.07 Å². The maximum atomic E-state index is 5.95. The van der Waals surface area contributed by atoms with Gasteiger partial charge in [-0.2, -0.15) is 0 Å². The summed E-state index contributed by atoms with van der Waals surface area (Å²) in [5, 5.41) is 0.672. The van der Waals surface area contributed by atoms with E-state index in [-0.39, 0.29) is 0 Å². The minimum Gasteiger partial charge on any atom is -0.390 e. The molecule has 0 atom stereocenters. The summed E-state index contributed by atoms with van der Waals surface area (Å²) < 4.78 is 0. The molecule has 0 spiro atoms. The molecular formula is C9H12ClN3. The SMILES string of the molecule is CC(C)c1cc(N=CN)ncc1Cl. The van der Waals surface area contributed by atoms with Gasteiger partial charge in [-0.15, -0.1) is 0 Å². The highest BCUT2D eigenvalue weighted by Gasteiger charge is 2.05. The Balaban J connectivity index is 3.11. The number of aromatic nitrogens is 1. The highest BCUT2D eigenvalue weighted by atomic mass is 35.5. The van der Waals surface area contributed by atoms with Crippen molar-refractivity contribution in [2.24, 2.45) is 10.7 Å². The van der Waals surface area contributed by atoms with Crippen molar-refractivity contribution >= 4 is 23.8 Å².